The summed E-state index contributed by atoms with van der Waals surface area (Å²) in [5.41, 5.74) is 5.81. The maximum Gasteiger partial charge on any atom is 0.242 e. The molecule has 94 valence electrons. The van der Waals surface area contributed by atoms with Gasteiger partial charge in [-0.25, -0.2) is 13.1 Å². The number of aliphatic hydroxyl groups is 1. The normalized spacial score (nSPS) is 17.9. The molecule has 17 heavy (non-hydrogen) atoms. The maximum absolute atomic E-state index is 11.9. The van der Waals surface area contributed by atoms with Crippen LogP contribution in [0.2, 0.25) is 0 Å². The van der Waals surface area contributed by atoms with Crippen molar-refractivity contribution >= 4 is 15.7 Å². The summed E-state index contributed by atoms with van der Waals surface area (Å²) in [4.78, 5) is 0.0583. The van der Waals surface area contributed by atoms with Gasteiger partial charge in [-0.2, -0.15) is 0 Å². The molecule has 0 bridgehead atoms. The summed E-state index contributed by atoms with van der Waals surface area (Å²) in [6.07, 6.45) is 1.34. The number of sulfonamides is 1. The number of para-hydroxylation sites is 1. The fourth-order valence-electron chi connectivity index (χ4n) is 1.65. The summed E-state index contributed by atoms with van der Waals surface area (Å²) in [5, 5.41) is 9.61. The molecule has 0 aromatic heterocycles. The van der Waals surface area contributed by atoms with Gasteiger partial charge < -0.3 is 10.8 Å². The average Bonchev–Trinajstić information content (AvgIpc) is 3.10. The third kappa shape index (κ3) is 2.96. The average molecular weight is 256 g/mol. The largest absolute Gasteiger partial charge is 0.398 e. The molecule has 1 aliphatic carbocycles. The Kier molecular flexibility index (Phi) is 3.37. The van der Waals surface area contributed by atoms with E-state index in [0.717, 1.165) is 12.8 Å². The molecular formula is C11H16N2O3S. The second kappa shape index (κ2) is 4.64. The van der Waals surface area contributed by atoms with Gasteiger partial charge in [-0.05, 0) is 30.9 Å². The molecule has 0 aliphatic heterocycles. The first-order valence-corrected chi connectivity index (χ1v) is 7.01. The molecule has 5 nitrogen and oxygen atoms in total. The van der Waals surface area contributed by atoms with Crippen LogP contribution in [0.15, 0.2) is 29.2 Å². The SMILES string of the molecule is Nc1ccccc1S(=O)(=O)NCC(O)C1CC1. The van der Waals surface area contributed by atoms with Crippen LogP contribution >= 0.6 is 0 Å². The molecule has 1 aromatic carbocycles. The van der Waals surface area contributed by atoms with Gasteiger partial charge in [-0.3, -0.25) is 0 Å². The number of rotatable bonds is 5. The number of nitrogens with one attached hydrogen (secondary N) is 1. The molecule has 0 heterocycles. The molecule has 1 saturated carbocycles. The number of nitrogen functional groups attached to an aromatic ring is 1. The van der Waals surface area contributed by atoms with Crippen molar-refractivity contribution in [2.45, 2.75) is 23.8 Å². The van der Waals surface area contributed by atoms with Crippen LogP contribution in [0.25, 0.3) is 0 Å². The predicted molar refractivity (Wildman–Crippen MR) is 64.8 cm³/mol. The Morgan fingerprint density at radius 1 is 1.41 bits per heavy atom. The van der Waals surface area contributed by atoms with Gasteiger partial charge in [0.15, 0.2) is 0 Å². The van der Waals surface area contributed by atoms with Crippen molar-refractivity contribution in [2.75, 3.05) is 12.3 Å². The second-order valence-corrected chi connectivity index (χ2v) is 6.03. The molecule has 4 N–H and O–H groups in total. The minimum atomic E-state index is -3.63. The lowest BCUT2D eigenvalue weighted by molar-refractivity contribution is 0.155. The molecule has 0 amide bonds. The van der Waals surface area contributed by atoms with Crippen LogP contribution in [-0.2, 0) is 10.0 Å². The van der Waals surface area contributed by atoms with E-state index >= 15 is 0 Å². The van der Waals surface area contributed by atoms with E-state index in [1.54, 1.807) is 12.1 Å². The van der Waals surface area contributed by atoms with E-state index in [0.29, 0.717) is 0 Å². The van der Waals surface area contributed by atoms with E-state index in [9.17, 15) is 13.5 Å². The van der Waals surface area contributed by atoms with E-state index < -0.39 is 16.1 Å². The van der Waals surface area contributed by atoms with Crippen molar-refractivity contribution in [3.8, 4) is 0 Å². The summed E-state index contributed by atoms with van der Waals surface area (Å²) in [5.74, 6) is 0.242. The van der Waals surface area contributed by atoms with E-state index in [1.807, 2.05) is 0 Å². The minimum absolute atomic E-state index is 0.0430. The van der Waals surface area contributed by atoms with Crippen molar-refractivity contribution in [1.82, 2.24) is 4.72 Å². The number of benzene rings is 1. The van der Waals surface area contributed by atoms with Gasteiger partial charge >= 0.3 is 0 Å². The zero-order valence-corrected chi connectivity index (χ0v) is 10.2. The van der Waals surface area contributed by atoms with E-state index in [-0.39, 0.29) is 23.0 Å². The zero-order chi connectivity index (χ0) is 12.5. The summed E-state index contributed by atoms with van der Waals surface area (Å²) < 4.78 is 26.2. The monoisotopic (exact) mass is 256 g/mol. The smallest absolute Gasteiger partial charge is 0.242 e. The van der Waals surface area contributed by atoms with Gasteiger partial charge in [-0.1, -0.05) is 12.1 Å². The van der Waals surface area contributed by atoms with E-state index in [4.69, 9.17) is 5.73 Å². The second-order valence-electron chi connectivity index (χ2n) is 4.29. The lowest BCUT2D eigenvalue weighted by atomic mass is 10.2. The topological polar surface area (TPSA) is 92.4 Å². The first-order chi connectivity index (χ1) is 8.00. The molecule has 1 fully saturated rings. The zero-order valence-electron chi connectivity index (χ0n) is 9.33. The molecule has 1 aliphatic rings. The van der Waals surface area contributed by atoms with Crippen LogP contribution in [0.5, 0.6) is 0 Å². The quantitative estimate of drug-likeness (QED) is 0.661. The Morgan fingerprint density at radius 3 is 2.65 bits per heavy atom. The number of hydrogen-bond acceptors (Lipinski definition) is 4. The van der Waals surface area contributed by atoms with Crippen molar-refractivity contribution < 1.29 is 13.5 Å². The van der Waals surface area contributed by atoms with E-state index in [2.05, 4.69) is 4.72 Å². The standard InChI is InChI=1S/C11H16N2O3S/c12-9-3-1-2-4-11(9)17(15,16)13-7-10(14)8-5-6-8/h1-4,8,10,13-14H,5-7,12H2. The first-order valence-electron chi connectivity index (χ1n) is 5.53. The van der Waals surface area contributed by atoms with Gasteiger partial charge in [0.05, 0.1) is 11.8 Å². The van der Waals surface area contributed by atoms with Crippen molar-refractivity contribution in [3.63, 3.8) is 0 Å². The van der Waals surface area contributed by atoms with Crippen LogP contribution in [0.1, 0.15) is 12.8 Å². The van der Waals surface area contributed by atoms with Gasteiger partial charge in [0.2, 0.25) is 10.0 Å². The number of nitrogens with two attached hydrogens (primary N) is 1. The van der Waals surface area contributed by atoms with E-state index in [1.165, 1.54) is 12.1 Å². The number of aliphatic hydroxyl groups excluding tert-OH is 1. The Balaban J connectivity index is 2.05. The highest BCUT2D eigenvalue weighted by Gasteiger charge is 2.30. The summed E-state index contributed by atoms with van der Waals surface area (Å²) in [6, 6.07) is 6.27. The maximum atomic E-state index is 11.9. The summed E-state index contributed by atoms with van der Waals surface area (Å²) in [7, 11) is -3.63. The van der Waals surface area contributed by atoms with Crippen LogP contribution in [0.3, 0.4) is 0 Å². The molecule has 6 heteroatoms. The third-order valence-electron chi connectivity index (χ3n) is 2.86. The van der Waals surface area contributed by atoms with Crippen molar-refractivity contribution in [1.29, 1.82) is 0 Å². The highest BCUT2D eigenvalue weighted by Crippen LogP contribution is 2.32. The molecule has 2 rings (SSSR count). The molecule has 1 atom stereocenters. The molecular weight excluding hydrogens is 240 g/mol. The molecule has 1 aromatic rings. The van der Waals surface area contributed by atoms with Crippen LogP contribution < -0.4 is 10.5 Å². The predicted octanol–water partition coefficient (Wildman–Crippen LogP) is 0.318. The summed E-state index contributed by atoms with van der Waals surface area (Å²) in [6.45, 7) is 0.0430. The van der Waals surface area contributed by atoms with Gasteiger partial charge in [0.25, 0.3) is 0 Å². The van der Waals surface area contributed by atoms with Crippen molar-refractivity contribution in [2.24, 2.45) is 5.92 Å². The van der Waals surface area contributed by atoms with Crippen LogP contribution in [0, 0.1) is 5.92 Å². The minimum Gasteiger partial charge on any atom is -0.398 e. The Labute approximate surface area is 101 Å². The number of hydrogen-bond donors (Lipinski definition) is 3. The first kappa shape index (κ1) is 12.3. The van der Waals surface area contributed by atoms with Gasteiger partial charge in [0.1, 0.15) is 4.90 Å². The Bertz CT molecular complexity index is 497. The molecule has 0 spiro atoms. The molecule has 0 radical (unpaired) electrons. The fraction of sp³-hybridized carbons (Fsp3) is 0.455. The lowest BCUT2D eigenvalue weighted by Crippen LogP contribution is -2.33. The lowest BCUT2D eigenvalue weighted by Gasteiger charge is -2.12. The van der Waals surface area contributed by atoms with Crippen LogP contribution in [-0.4, -0.2) is 26.2 Å². The highest BCUT2D eigenvalue weighted by atomic mass is 32.2. The van der Waals surface area contributed by atoms with Crippen LogP contribution in [0.4, 0.5) is 5.69 Å². The van der Waals surface area contributed by atoms with Gasteiger partial charge in [0, 0.05) is 6.54 Å². The Hall–Kier alpha value is -1.11. The fourth-order valence-corrected chi connectivity index (χ4v) is 2.83. The molecule has 0 saturated heterocycles. The molecule has 1 unspecified atom stereocenters. The van der Waals surface area contributed by atoms with Gasteiger partial charge in [-0.15, -0.1) is 0 Å². The Morgan fingerprint density at radius 2 is 2.06 bits per heavy atom. The third-order valence-corrected chi connectivity index (χ3v) is 4.35. The number of anilines is 1. The highest BCUT2D eigenvalue weighted by molar-refractivity contribution is 7.89. The summed E-state index contributed by atoms with van der Waals surface area (Å²) >= 11 is 0. The van der Waals surface area contributed by atoms with Crippen molar-refractivity contribution in [3.05, 3.63) is 24.3 Å².